The Bertz CT molecular complexity index is 1390. The first-order valence-electron chi connectivity index (χ1n) is 8.88. The van der Waals surface area contributed by atoms with E-state index in [0.717, 1.165) is 24.3 Å². The van der Waals surface area contributed by atoms with E-state index in [0.29, 0.717) is 21.7 Å². The zero-order valence-electron chi connectivity index (χ0n) is 15.7. The van der Waals surface area contributed by atoms with Crippen molar-refractivity contribution in [2.75, 3.05) is 10.0 Å². The lowest BCUT2D eigenvalue weighted by atomic mass is 10.3. The second-order valence-electron chi connectivity index (χ2n) is 6.40. The van der Waals surface area contributed by atoms with Crippen LogP contribution >= 0.6 is 11.6 Å². The Kier molecular flexibility index (Phi) is 5.40. The fourth-order valence-corrected chi connectivity index (χ4v) is 3.99. The van der Waals surface area contributed by atoms with Crippen LogP contribution in [-0.4, -0.2) is 23.3 Å². The predicted octanol–water partition coefficient (Wildman–Crippen LogP) is 4.74. The van der Waals surface area contributed by atoms with Crippen molar-refractivity contribution in [2.24, 2.45) is 0 Å². The SMILES string of the molecule is O=[N+]([O-])c1ccc(S(=O)(=O)Nc2nc3ccccc3nc2Nc2cccc(Cl)c2)cc1. The van der Waals surface area contributed by atoms with Crippen LogP contribution in [0, 0.1) is 10.1 Å². The molecule has 0 bridgehead atoms. The number of non-ortho nitro benzene ring substituents is 1. The number of benzene rings is 3. The fraction of sp³-hybridized carbons (Fsp3) is 0. The molecule has 3 aromatic carbocycles. The number of nitro benzene ring substituents is 1. The summed E-state index contributed by atoms with van der Waals surface area (Å²) in [7, 11) is -4.09. The maximum atomic E-state index is 12.9. The molecule has 9 nitrogen and oxygen atoms in total. The van der Waals surface area contributed by atoms with Gasteiger partial charge in [0.1, 0.15) is 0 Å². The second kappa shape index (κ2) is 8.17. The van der Waals surface area contributed by atoms with Crippen molar-refractivity contribution in [3.63, 3.8) is 0 Å². The number of fused-ring (bicyclic) bond motifs is 1. The van der Waals surface area contributed by atoms with Crippen LogP contribution in [0.2, 0.25) is 5.02 Å². The van der Waals surface area contributed by atoms with Gasteiger partial charge in [0.25, 0.3) is 15.7 Å². The summed E-state index contributed by atoms with van der Waals surface area (Å²) in [6.07, 6.45) is 0. The molecule has 0 saturated carbocycles. The molecule has 4 rings (SSSR count). The smallest absolute Gasteiger partial charge is 0.269 e. The number of aromatic nitrogens is 2. The standard InChI is InChI=1S/C20H14ClN5O4S/c21-13-4-3-5-14(12-13)22-19-20(24-18-7-2-1-6-17(18)23-19)25-31(29,30)16-10-8-15(9-11-16)26(27)28/h1-12H,(H,22,23)(H,24,25). The van der Waals surface area contributed by atoms with Gasteiger partial charge in [-0.15, -0.1) is 0 Å². The molecule has 0 saturated heterocycles. The molecule has 0 radical (unpaired) electrons. The molecule has 0 unspecified atom stereocenters. The van der Waals surface area contributed by atoms with E-state index in [2.05, 4.69) is 20.0 Å². The van der Waals surface area contributed by atoms with Gasteiger partial charge < -0.3 is 5.32 Å². The molecule has 1 heterocycles. The van der Waals surface area contributed by atoms with Gasteiger partial charge in [-0.1, -0.05) is 29.8 Å². The van der Waals surface area contributed by atoms with E-state index in [1.54, 1.807) is 48.5 Å². The summed E-state index contributed by atoms with van der Waals surface area (Å²) in [5.41, 5.74) is 1.42. The third-order valence-corrected chi connectivity index (χ3v) is 5.84. The zero-order valence-corrected chi connectivity index (χ0v) is 17.3. The molecule has 11 heteroatoms. The van der Waals surface area contributed by atoms with Crippen molar-refractivity contribution in [3.05, 3.63) is 87.9 Å². The molecular formula is C20H14ClN5O4S. The molecule has 2 N–H and O–H groups in total. The third kappa shape index (κ3) is 4.55. The van der Waals surface area contributed by atoms with Gasteiger partial charge in [0.2, 0.25) is 0 Å². The van der Waals surface area contributed by atoms with E-state index < -0.39 is 14.9 Å². The van der Waals surface area contributed by atoms with Crippen LogP contribution in [0.3, 0.4) is 0 Å². The fourth-order valence-electron chi connectivity index (χ4n) is 2.79. The number of halogens is 1. The molecular weight excluding hydrogens is 442 g/mol. The molecule has 4 aromatic rings. The normalized spacial score (nSPS) is 11.3. The van der Waals surface area contributed by atoms with Crippen molar-refractivity contribution in [1.82, 2.24) is 9.97 Å². The molecule has 0 fully saturated rings. The van der Waals surface area contributed by atoms with Crippen LogP contribution < -0.4 is 10.0 Å². The highest BCUT2D eigenvalue weighted by Crippen LogP contribution is 2.28. The van der Waals surface area contributed by atoms with E-state index in [4.69, 9.17) is 11.6 Å². The summed E-state index contributed by atoms with van der Waals surface area (Å²) in [6, 6.07) is 18.4. The topological polar surface area (TPSA) is 127 Å². The molecule has 156 valence electrons. The number of hydrogen-bond acceptors (Lipinski definition) is 7. The van der Waals surface area contributed by atoms with E-state index in [9.17, 15) is 18.5 Å². The minimum atomic E-state index is -4.09. The molecule has 1 aromatic heterocycles. The second-order valence-corrected chi connectivity index (χ2v) is 8.52. The lowest BCUT2D eigenvalue weighted by Crippen LogP contribution is -2.16. The summed E-state index contributed by atoms with van der Waals surface area (Å²) in [4.78, 5) is 18.9. The highest BCUT2D eigenvalue weighted by atomic mass is 35.5. The van der Waals surface area contributed by atoms with Crippen molar-refractivity contribution < 1.29 is 13.3 Å². The number of para-hydroxylation sites is 2. The molecule has 0 amide bonds. The van der Waals surface area contributed by atoms with Gasteiger partial charge in [-0.2, -0.15) is 0 Å². The highest BCUT2D eigenvalue weighted by Gasteiger charge is 2.20. The monoisotopic (exact) mass is 455 g/mol. The van der Waals surface area contributed by atoms with Gasteiger partial charge in [-0.05, 0) is 42.5 Å². The Morgan fingerprint density at radius 3 is 2.13 bits per heavy atom. The first-order valence-corrected chi connectivity index (χ1v) is 10.7. The van der Waals surface area contributed by atoms with Crippen LogP contribution in [0.5, 0.6) is 0 Å². The summed E-state index contributed by atoms with van der Waals surface area (Å²) in [6.45, 7) is 0. The largest absolute Gasteiger partial charge is 0.337 e. The number of anilines is 3. The summed E-state index contributed by atoms with van der Waals surface area (Å²) >= 11 is 6.03. The van der Waals surface area contributed by atoms with Crippen molar-refractivity contribution in [1.29, 1.82) is 0 Å². The molecule has 0 aliphatic heterocycles. The summed E-state index contributed by atoms with van der Waals surface area (Å²) in [5.74, 6) is 0.142. The number of nitrogens with zero attached hydrogens (tertiary/aromatic N) is 3. The van der Waals surface area contributed by atoms with Gasteiger partial charge in [0.15, 0.2) is 11.6 Å². The first-order chi connectivity index (χ1) is 14.8. The number of nitro groups is 1. The maximum Gasteiger partial charge on any atom is 0.269 e. The van der Waals surface area contributed by atoms with Gasteiger partial charge in [-0.25, -0.2) is 18.4 Å². The number of rotatable bonds is 6. The van der Waals surface area contributed by atoms with E-state index in [-0.39, 0.29) is 22.2 Å². The van der Waals surface area contributed by atoms with Crippen LogP contribution in [0.15, 0.2) is 77.7 Å². The summed E-state index contributed by atoms with van der Waals surface area (Å²) < 4.78 is 28.2. The van der Waals surface area contributed by atoms with Crippen LogP contribution in [0.1, 0.15) is 0 Å². The van der Waals surface area contributed by atoms with Crippen LogP contribution in [0.4, 0.5) is 23.0 Å². The molecule has 0 aliphatic carbocycles. The predicted molar refractivity (Wildman–Crippen MR) is 118 cm³/mol. The van der Waals surface area contributed by atoms with Crippen molar-refractivity contribution in [2.45, 2.75) is 4.90 Å². The molecule has 0 spiro atoms. The highest BCUT2D eigenvalue weighted by molar-refractivity contribution is 7.92. The van der Waals surface area contributed by atoms with E-state index in [1.807, 2.05) is 0 Å². The average Bonchev–Trinajstić information content (AvgIpc) is 2.74. The Balaban J connectivity index is 1.75. The number of hydrogen-bond donors (Lipinski definition) is 2. The van der Waals surface area contributed by atoms with Gasteiger partial charge in [0, 0.05) is 22.8 Å². The Labute approximate surface area is 181 Å². The average molecular weight is 456 g/mol. The van der Waals surface area contributed by atoms with Crippen LogP contribution in [0.25, 0.3) is 11.0 Å². The van der Waals surface area contributed by atoms with Crippen LogP contribution in [-0.2, 0) is 10.0 Å². The maximum absolute atomic E-state index is 12.9. The van der Waals surface area contributed by atoms with Crippen molar-refractivity contribution >= 4 is 55.7 Å². The van der Waals surface area contributed by atoms with E-state index >= 15 is 0 Å². The van der Waals surface area contributed by atoms with Gasteiger partial charge in [-0.3, -0.25) is 14.8 Å². The van der Waals surface area contributed by atoms with Crippen molar-refractivity contribution in [3.8, 4) is 0 Å². The minimum Gasteiger partial charge on any atom is -0.337 e. The summed E-state index contributed by atoms with van der Waals surface area (Å²) in [5, 5.41) is 14.3. The lowest BCUT2D eigenvalue weighted by Gasteiger charge is -2.14. The Hall–Kier alpha value is -3.76. The third-order valence-electron chi connectivity index (χ3n) is 4.25. The Morgan fingerprint density at radius 2 is 1.52 bits per heavy atom. The minimum absolute atomic E-state index is 0.0305. The molecule has 0 aliphatic rings. The van der Waals surface area contributed by atoms with Gasteiger partial charge in [0.05, 0.1) is 20.9 Å². The Morgan fingerprint density at radius 1 is 0.871 bits per heavy atom. The molecule has 0 atom stereocenters. The lowest BCUT2D eigenvalue weighted by molar-refractivity contribution is -0.384. The first kappa shape index (κ1) is 20.5. The quantitative estimate of drug-likeness (QED) is 0.317. The number of sulfonamides is 1. The van der Waals surface area contributed by atoms with Gasteiger partial charge >= 0.3 is 0 Å². The van der Waals surface area contributed by atoms with E-state index in [1.165, 1.54) is 0 Å². The zero-order chi connectivity index (χ0) is 22.0. The molecule has 31 heavy (non-hydrogen) atoms. The number of nitrogens with one attached hydrogen (secondary N) is 2.